The molecule has 0 unspecified atom stereocenters. The number of methoxy groups -OCH3 is 2. The van der Waals surface area contributed by atoms with Gasteiger partial charge in [-0.3, -0.25) is 4.79 Å². The molecule has 0 spiro atoms. The lowest BCUT2D eigenvalue weighted by atomic mass is 10.1. The van der Waals surface area contributed by atoms with Gasteiger partial charge in [-0.15, -0.1) is 4.40 Å². The van der Waals surface area contributed by atoms with E-state index in [1.807, 2.05) is 0 Å². The Labute approximate surface area is 189 Å². The predicted molar refractivity (Wildman–Crippen MR) is 123 cm³/mol. The van der Waals surface area contributed by atoms with E-state index in [0.29, 0.717) is 39.0 Å². The van der Waals surface area contributed by atoms with Crippen molar-refractivity contribution >= 4 is 44.7 Å². The molecule has 8 nitrogen and oxygen atoms in total. The number of halogens is 1. The van der Waals surface area contributed by atoms with Crippen LogP contribution in [0.4, 0.5) is 11.4 Å². The summed E-state index contributed by atoms with van der Waals surface area (Å²) in [5.74, 6) is 0.685. The number of rotatable bonds is 5. The molecule has 3 aromatic rings. The number of amidine groups is 1. The lowest BCUT2D eigenvalue weighted by molar-refractivity contribution is 0.102. The van der Waals surface area contributed by atoms with Crippen LogP contribution in [0.25, 0.3) is 0 Å². The Morgan fingerprint density at radius 1 is 0.969 bits per heavy atom. The molecule has 1 aliphatic heterocycles. The van der Waals surface area contributed by atoms with Crippen LogP contribution in [0.1, 0.15) is 15.9 Å². The molecule has 4 rings (SSSR count). The van der Waals surface area contributed by atoms with E-state index >= 15 is 0 Å². The highest BCUT2D eigenvalue weighted by Crippen LogP contribution is 2.36. The third-order valence-electron chi connectivity index (χ3n) is 4.76. The molecule has 2 N–H and O–H groups in total. The summed E-state index contributed by atoms with van der Waals surface area (Å²) in [6, 6.07) is 16.2. The number of amides is 1. The van der Waals surface area contributed by atoms with Gasteiger partial charge in [-0.05, 0) is 42.5 Å². The Bertz CT molecular complexity index is 1340. The summed E-state index contributed by atoms with van der Waals surface area (Å²) in [7, 11) is -0.756. The molecule has 0 radical (unpaired) electrons. The van der Waals surface area contributed by atoms with E-state index in [1.54, 1.807) is 54.6 Å². The van der Waals surface area contributed by atoms with Crippen molar-refractivity contribution in [2.24, 2.45) is 4.40 Å². The zero-order chi connectivity index (χ0) is 22.9. The average Bonchev–Trinajstić information content (AvgIpc) is 3.04. The normalized spacial score (nSPS) is 13.7. The SMILES string of the molecule is COc1cc(OC)c(NC(=O)c2ccc(NC3=NS(=O)(=O)c4ccccc43)cc2)cc1Cl. The Morgan fingerprint density at radius 3 is 2.34 bits per heavy atom. The van der Waals surface area contributed by atoms with Crippen molar-refractivity contribution in [1.29, 1.82) is 0 Å². The summed E-state index contributed by atoms with van der Waals surface area (Å²) < 4.78 is 38.6. The third-order valence-corrected chi connectivity index (χ3v) is 6.39. The number of carbonyl (C=O) groups is 1. The summed E-state index contributed by atoms with van der Waals surface area (Å²) in [6.07, 6.45) is 0. The summed E-state index contributed by atoms with van der Waals surface area (Å²) in [5, 5.41) is 6.08. The van der Waals surface area contributed by atoms with E-state index < -0.39 is 10.0 Å². The first-order valence-corrected chi connectivity index (χ1v) is 11.2. The highest BCUT2D eigenvalue weighted by atomic mass is 35.5. The number of fused-ring (bicyclic) bond motifs is 1. The maximum atomic E-state index is 12.7. The minimum absolute atomic E-state index is 0.158. The standard InChI is InChI=1S/C22H18ClN3O5S/c1-30-18-12-19(31-2)17(11-16(18)23)25-22(27)13-7-9-14(10-8-13)24-21-15-5-3-4-6-20(15)32(28,29)26-21/h3-12H,1-2H3,(H,24,26)(H,25,27). The second kappa shape index (κ2) is 8.52. The fourth-order valence-electron chi connectivity index (χ4n) is 3.19. The second-order valence-corrected chi connectivity index (χ2v) is 8.73. The van der Waals surface area contributed by atoms with Crippen LogP contribution in [0.2, 0.25) is 5.02 Å². The largest absolute Gasteiger partial charge is 0.495 e. The van der Waals surface area contributed by atoms with E-state index in [9.17, 15) is 13.2 Å². The summed E-state index contributed by atoms with van der Waals surface area (Å²) in [6.45, 7) is 0. The first kappa shape index (κ1) is 21.7. The maximum Gasteiger partial charge on any atom is 0.285 e. The van der Waals surface area contributed by atoms with Gasteiger partial charge in [0.2, 0.25) is 0 Å². The van der Waals surface area contributed by atoms with Crippen LogP contribution in [0.5, 0.6) is 11.5 Å². The van der Waals surface area contributed by atoms with Crippen molar-refractivity contribution in [1.82, 2.24) is 0 Å². The molecule has 0 aliphatic carbocycles. The number of hydrogen-bond acceptors (Lipinski definition) is 6. The zero-order valence-corrected chi connectivity index (χ0v) is 18.6. The van der Waals surface area contributed by atoms with E-state index in [0.717, 1.165) is 0 Å². The first-order valence-electron chi connectivity index (χ1n) is 9.36. The molecule has 0 saturated carbocycles. The van der Waals surface area contributed by atoms with Gasteiger partial charge in [0, 0.05) is 22.9 Å². The molecule has 0 bridgehead atoms. The fraction of sp³-hybridized carbons (Fsp3) is 0.0909. The average molecular weight is 472 g/mol. The first-order chi connectivity index (χ1) is 15.3. The molecule has 164 valence electrons. The maximum absolute atomic E-state index is 12.7. The predicted octanol–water partition coefficient (Wildman–Crippen LogP) is 4.17. The van der Waals surface area contributed by atoms with Crippen LogP contribution in [0.15, 0.2) is 70.0 Å². The Hall–Kier alpha value is -3.56. The minimum atomic E-state index is -3.72. The molecule has 10 heteroatoms. The molecule has 3 aromatic carbocycles. The number of ether oxygens (including phenoxy) is 2. The number of hydrogen-bond donors (Lipinski definition) is 2. The Balaban J connectivity index is 1.52. The zero-order valence-electron chi connectivity index (χ0n) is 17.0. The van der Waals surface area contributed by atoms with E-state index in [-0.39, 0.29) is 16.6 Å². The summed E-state index contributed by atoms with van der Waals surface area (Å²) >= 11 is 6.15. The molecule has 0 fully saturated rings. The monoisotopic (exact) mass is 471 g/mol. The van der Waals surface area contributed by atoms with E-state index in [4.69, 9.17) is 21.1 Å². The number of nitrogens with one attached hydrogen (secondary N) is 2. The quantitative estimate of drug-likeness (QED) is 0.578. The lowest BCUT2D eigenvalue weighted by Gasteiger charge is -2.13. The van der Waals surface area contributed by atoms with Crippen molar-refractivity contribution in [2.45, 2.75) is 4.90 Å². The van der Waals surface area contributed by atoms with Crippen molar-refractivity contribution in [3.8, 4) is 11.5 Å². The molecule has 1 amide bonds. The fourth-order valence-corrected chi connectivity index (χ4v) is 4.61. The number of nitrogens with zero attached hydrogens (tertiary/aromatic N) is 1. The van der Waals surface area contributed by atoms with Crippen LogP contribution in [0, 0.1) is 0 Å². The van der Waals surface area contributed by atoms with Gasteiger partial charge in [0.15, 0.2) is 5.84 Å². The number of anilines is 2. The Kier molecular flexibility index (Phi) is 5.77. The number of sulfonamides is 1. The van der Waals surface area contributed by atoms with Gasteiger partial charge in [-0.1, -0.05) is 23.7 Å². The van der Waals surface area contributed by atoms with Crippen LogP contribution < -0.4 is 20.1 Å². The van der Waals surface area contributed by atoms with Crippen LogP contribution in [0.3, 0.4) is 0 Å². The molecule has 1 aliphatic rings. The van der Waals surface area contributed by atoms with Gasteiger partial charge in [0.1, 0.15) is 16.4 Å². The van der Waals surface area contributed by atoms with Crippen LogP contribution >= 0.6 is 11.6 Å². The summed E-state index contributed by atoms with van der Waals surface area (Å²) in [5.41, 5.74) is 1.86. The van der Waals surface area contributed by atoms with Gasteiger partial charge in [-0.2, -0.15) is 8.42 Å². The molecule has 0 saturated heterocycles. The minimum Gasteiger partial charge on any atom is -0.495 e. The van der Waals surface area contributed by atoms with E-state index in [2.05, 4.69) is 15.0 Å². The van der Waals surface area contributed by atoms with Crippen LogP contribution in [-0.2, 0) is 10.0 Å². The molecule has 32 heavy (non-hydrogen) atoms. The number of carbonyl (C=O) groups excluding carboxylic acids is 1. The van der Waals surface area contributed by atoms with Crippen molar-refractivity contribution in [2.75, 3.05) is 24.9 Å². The molecule has 0 aromatic heterocycles. The highest BCUT2D eigenvalue weighted by molar-refractivity contribution is 7.90. The molecular weight excluding hydrogens is 454 g/mol. The smallest absolute Gasteiger partial charge is 0.285 e. The van der Waals surface area contributed by atoms with E-state index in [1.165, 1.54) is 20.3 Å². The van der Waals surface area contributed by atoms with Crippen molar-refractivity contribution in [3.05, 3.63) is 76.8 Å². The third kappa shape index (κ3) is 4.12. The van der Waals surface area contributed by atoms with Gasteiger partial charge in [0.05, 0.1) is 24.9 Å². The van der Waals surface area contributed by atoms with Crippen molar-refractivity contribution in [3.63, 3.8) is 0 Å². The molecule has 0 atom stereocenters. The van der Waals surface area contributed by atoms with Gasteiger partial charge in [-0.25, -0.2) is 0 Å². The Morgan fingerprint density at radius 2 is 1.66 bits per heavy atom. The summed E-state index contributed by atoms with van der Waals surface area (Å²) in [4.78, 5) is 12.8. The number of benzene rings is 3. The molecule has 1 heterocycles. The molecular formula is C22H18ClN3O5S. The highest BCUT2D eigenvalue weighted by Gasteiger charge is 2.28. The second-order valence-electron chi connectivity index (χ2n) is 6.75. The van der Waals surface area contributed by atoms with Crippen molar-refractivity contribution < 1.29 is 22.7 Å². The topological polar surface area (TPSA) is 106 Å². The van der Waals surface area contributed by atoms with Gasteiger partial charge >= 0.3 is 0 Å². The lowest BCUT2D eigenvalue weighted by Crippen LogP contribution is -2.14. The van der Waals surface area contributed by atoms with Gasteiger partial charge < -0.3 is 20.1 Å². The van der Waals surface area contributed by atoms with Crippen LogP contribution in [-0.4, -0.2) is 34.4 Å². The van der Waals surface area contributed by atoms with Gasteiger partial charge in [0.25, 0.3) is 15.9 Å².